The Bertz CT molecular complexity index is 1270. The first-order valence-corrected chi connectivity index (χ1v) is 13.4. The maximum Gasteiger partial charge on any atom is 0.253 e. The molecule has 2 bridgehead atoms. The standard InChI is InChI=1S/C29H31BrN4O3/c1-18-25(4-3-5-26(18)37-2)29(36)33-22-14-23-11-12-24(15-22)34(23)27-13-8-20(17-31-27)28(35)32-16-19-6-9-21(30)10-7-19/h3-10,13,17,22-24H,11-12,14-16H2,1-2H3,(H,32,35)(H,33,36)/t22?,23-,24+. The summed E-state index contributed by atoms with van der Waals surface area (Å²) in [6.07, 6.45) is 5.56. The van der Waals surface area contributed by atoms with Gasteiger partial charge in [0.25, 0.3) is 11.8 Å². The van der Waals surface area contributed by atoms with E-state index in [0.717, 1.165) is 52.9 Å². The van der Waals surface area contributed by atoms with Gasteiger partial charge in [-0.3, -0.25) is 9.59 Å². The van der Waals surface area contributed by atoms with Crippen molar-refractivity contribution in [2.75, 3.05) is 12.0 Å². The number of hydrogen-bond acceptors (Lipinski definition) is 5. The fourth-order valence-corrected chi connectivity index (χ4v) is 5.84. The molecule has 5 rings (SSSR count). The van der Waals surface area contributed by atoms with Crippen LogP contribution < -0.4 is 20.3 Å². The molecule has 2 fully saturated rings. The van der Waals surface area contributed by atoms with E-state index in [-0.39, 0.29) is 17.9 Å². The van der Waals surface area contributed by atoms with Crippen LogP contribution in [0.1, 0.15) is 57.5 Å². The van der Waals surface area contributed by atoms with Gasteiger partial charge in [0.15, 0.2) is 0 Å². The van der Waals surface area contributed by atoms with E-state index in [9.17, 15) is 9.59 Å². The van der Waals surface area contributed by atoms with E-state index in [0.29, 0.717) is 29.8 Å². The Balaban J connectivity index is 1.19. The SMILES string of the molecule is COc1cccc(C(=O)NC2C[C@H]3CC[C@@H](C2)N3c2ccc(C(=O)NCc3ccc(Br)cc3)cn2)c1C. The lowest BCUT2D eigenvalue weighted by atomic mass is 9.96. The van der Waals surface area contributed by atoms with E-state index in [1.807, 2.05) is 61.5 Å². The van der Waals surface area contributed by atoms with Crippen molar-refractivity contribution >= 4 is 33.6 Å². The normalized spacial score (nSPS) is 20.4. The number of ether oxygens (including phenoxy) is 1. The Labute approximate surface area is 225 Å². The quantitative estimate of drug-likeness (QED) is 0.422. The molecule has 0 radical (unpaired) electrons. The molecule has 7 nitrogen and oxygen atoms in total. The third kappa shape index (κ3) is 5.49. The Morgan fingerprint density at radius 1 is 1.03 bits per heavy atom. The first kappa shape index (κ1) is 25.3. The fraction of sp³-hybridized carbons (Fsp3) is 0.345. The number of anilines is 1. The van der Waals surface area contributed by atoms with Crippen molar-refractivity contribution in [2.45, 2.75) is 57.3 Å². The van der Waals surface area contributed by atoms with Crippen LogP contribution in [0.3, 0.4) is 0 Å². The minimum atomic E-state index is -0.140. The second-order valence-corrected chi connectivity index (χ2v) is 10.7. The zero-order chi connectivity index (χ0) is 25.9. The van der Waals surface area contributed by atoms with Gasteiger partial charge in [0.1, 0.15) is 11.6 Å². The van der Waals surface area contributed by atoms with Crippen LogP contribution >= 0.6 is 15.9 Å². The number of pyridine rings is 1. The number of nitrogens with zero attached hydrogens (tertiary/aromatic N) is 2. The molecule has 2 saturated heterocycles. The summed E-state index contributed by atoms with van der Waals surface area (Å²) in [5.74, 6) is 1.43. The Hall–Kier alpha value is -3.39. The van der Waals surface area contributed by atoms with Crippen LogP contribution in [0, 0.1) is 6.92 Å². The first-order valence-electron chi connectivity index (χ1n) is 12.6. The molecule has 3 aromatic rings. The number of piperidine rings is 1. The number of nitrogens with one attached hydrogen (secondary N) is 2. The summed E-state index contributed by atoms with van der Waals surface area (Å²) in [6, 6.07) is 18.0. The summed E-state index contributed by atoms with van der Waals surface area (Å²) in [7, 11) is 1.62. The maximum absolute atomic E-state index is 13.0. The van der Waals surface area contributed by atoms with Gasteiger partial charge in [-0.1, -0.05) is 34.1 Å². The molecule has 2 aliphatic heterocycles. The molecule has 0 saturated carbocycles. The highest BCUT2D eigenvalue weighted by Gasteiger charge is 2.42. The van der Waals surface area contributed by atoms with Gasteiger partial charge in [-0.2, -0.15) is 0 Å². The number of amides is 2. The van der Waals surface area contributed by atoms with Crippen molar-refractivity contribution in [1.29, 1.82) is 0 Å². The van der Waals surface area contributed by atoms with Crippen LogP contribution in [0.15, 0.2) is 65.3 Å². The summed E-state index contributed by atoms with van der Waals surface area (Å²) >= 11 is 3.42. The van der Waals surface area contributed by atoms with E-state index in [1.54, 1.807) is 13.3 Å². The van der Waals surface area contributed by atoms with Crippen molar-refractivity contribution in [1.82, 2.24) is 15.6 Å². The first-order chi connectivity index (χ1) is 17.9. The Morgan fingerprint density at radius 2 is 1.76 bits per heavy atom. The van der Waals surface area contributed by atoms with E-state index in [4.69, 9.17) is 4.74 Å². The van der Waals surface area contributed by atoms with Gasteiger partial charge in [-0.15, -0.1) is 0 Å². The molecular weight excluding hydrogens is 532 g/mol. The topological polar surface area (TPSA) is 83.6 Å². The van der Waals surface area contributed by atoms with Crippen LogP contribution in [-0.4, -0.2) is 42.0 Å². The van der Waals surface area contributed by atoms with Crippen molar-refractivity contribution in [2.24, 2.45) is 0 Å². The number of methoxy groups -OCH3 is 1. The highest BCUT2D eigenvalue weighted by atomic mass is 79.9. The van der Waals surface area contributed by atoms with Crippen LogP contribution in [0.5, 0.6) is 5.75 Å². The molecule has 0 spiro atoms. The average Bonchev–Trinajstić information content (AvgIpc) is 3.18. The molecule has 1 aromatic heterocycles. The molecule has 8 heteroatoms. The van der Waals surface area contributed by atoms with Gasteiger partial charge in [-0.05, 0) is 74.6 Å². The third-order valence-corrected chi connectivity index (χ3v) is 7.99. The van der Waals surface area contributed by atoms with E-state index in [2.05, 4.69) is 36.4 Å². The van der Waals surface area contributed by atoms with E-state index in [1.165, 1.54) is 0 Å². The van der Waals surface area contributed by atoms with Gasteiger partial charge in [-0.25, -0.2) is 4.98 Å². The minimum Gasteiger partial charge on any atom is -0.496 e. The lowest BCUT2D eigenvalue weighted by Crippen LogP contribution is -2.50. The second kappa shape index (κ2) is 10.9. The van der Waals surface area contributed by atoms with Gasteiger partial charge < -0.3 is 20.3 Å². The largest absolute Gasteiger partial charge is 0.496 e. The fourth-order valence-electron chi connectivity index (χ4n) is 5.57. The van der Waals surface area contributed by atoms with Crippen LogP contribution in [0.25, 0.3) is 0 Å². The van der Waals surface area contributed by atoms with Gasteiger partial charge in [0.2, 0.25) is 0 Å². The predicted molar refractivity (Wildman–Crippen MR) is 147 cm³/mol. The molecule has 1 unspecified atom stereocenters. The number of carbonyl (C=O) groups excluding carboxylic acids is 2. The lowest BCUT2D eigenvalue weighted by Gasteiger charge is -2.40. The molecule has 3 heterocycles. The molecule has 192 valence electrons. The zero-order valence-corrected chi connectivity index (χ0v) is 22.6. The monoisotopic (exact) mass is 562 g/mol. The Kier molecular flexibility index (Phi) is 7.46. The van der Waals surface area contributed by atoms with Crippen LogP contribution in [0.4, 0.5) is 5.82 Å². The van der Waals surface area contributed by atoms with E-state index < -0.39 is 0 Å². The summed E-state index contributed by atoms with van der Waals surface area (Å²) in [5, 5.41) is 6.21. The molecule has 2 N–H and O–H groups in total. The molecule has 2 aliphatic rings. The molecule has 3 atom stereocenters. The van der Waals surface area contributed by atoms with Gasteiger partial charge in [0, 0.05) is 46.5 Å². The van der Waals surface area contributed by atoms with Crippen molar-refractivity contribution < 1.29 is 14.3 Å². The number of fused-ring (bicyclic) bond motifs is 2. The smallest absolute Gasteiger partial charge is 0.253 e. The third-order valence-electron chi connectivity index (χ3n) is 7.46. The second-order valence-electron chi connectivity index (χ2n) is 9.78. The molecule has 0 aliphatic carbocycles. The van der Waals surface area contributed by atoms with Crippen LogP contribution in [-0.2, 0) is 6.54 Å². The number of rotatable bonds is 7. The highest BCUT2D eigenvalue weighted by molar-refractivity contribution is 9.10. The van der Waals surface area contributed by atoms with Gasteiger partial charge >= 0.3 is 0 Å². The molecule has 2 amide bonds. The zero-order valence-electron chi connectivity index (χ0n) is 21.0. The van der Waals surface area contributed by atoms with Crippen molar-refractivity contribution in [3.63, 3.8) is 0 Å². The molecular formula is C29H31BrN4O3. The highest BCUT2D eigenvalue weighted by Crippen LogP contribution is 2.38. The average molecular weight is 563 g/mol. The van der Waals surface area contributed by atoms with Crippen molar-refractivity contribution in [3.8, 4) is 5.75 Å². The van der Waals surface area contributed by atoms with Crippen molar-refractivity contribution in [3.05, 3.63) is 87.5 Å². The van der Waals surface area contributed by atoms with Crippen LogP contribution in [0.2, 0.25) is 0 Å². The number of halogens is 1. The lowest BCUT2D eigenvalue weighted by molar-refractivity contribution is 0.0923. The predicted octanol–water partition coefficient (Wildman–Crippen LogP) is 5.02. The Morgan fingerprint density at radius 3 is 2.41 bits per heavy atom. The number of benzene rings is 2. The summed E-state index contributed by atoms with van der Waals surface area (Å²) < 4.78 is 6.38. The molecule has 37 heavy (non-hydrogen) atoms. The number of carbonyl (C=O) groups is 2. The van der Waals surface area contributed by atoms with E-state index >= 15 is 0 Å². The summed E-state index contributed by atoms with van der Waals surface area (Å²) in [6.45, 7) is 2.38. The minimum absolute atomic E-state index is 0.0501. The van der Waals surface area contributed by atoms with Gasteiger partial charge in [0.05, 0.1) is 12.7 Å². The molecule has 2 aromatic carbocycles. The summed E-state index contributed by atoms with van der Waals surface area (Å²) in [4.78, 5) is 32.7. The summed E-state index contributed by atoms with van der Waals surface area (Å²) in [5.41, 5.74) is 3.09. The maximum atomic E-state index is 13.0. The number of hydrogen-bond donors (Lipinski definition) is 2. The number of aromatic nitrogens is 1.